The topological polar surface area (TPSA) is 53.4 Å². The van der Waals surface area contributed by atoms with Gasteiger partial charge in [0.15, 0.2) is 0 Å². The van der Waals surface area contributed by atoms with Gasteiger partial charge in [-0.3, -0.25) is 4.79 Å². The first kappa shape index (κ1) is 19.2. The highest BCUT2D eigenvalue weighted by Crippen LogP contribution is 2.30. The number of benzene rings is 1. The van der Waals surface area contributed by atoms with Crippen LogP contribution >= 0.6 is 0 Å². The second kappa shape index (κ2) is 7.72. The molecule has 1 fully saturated rings. The normalized spacial score (nSPS) is 13.3. The van der Waals surface area contributed by atoms with Gasteiger partial charge in [0.1, 0.15) is 5.82 Å². The molecule has 3 heterocycles. The van der Waals surface area contributed by atoms with E-state index in [0.29, 0.717) is 11.4 Å². The first-order valence-electron chi connectivity index (χ1n) is 9.99. The van der Waals surface area contributed by atoms with Crippen LogP contribution in [0, 0.1) is 20.8 Å². The molecule has 4 rings (SSSR count). The third kappa shape index (κ3) is 3.29. The maximum Gasteiger partial charge on any atom is 0.276 e. The largest absolute Gasteiger partial charge is 0.371 e. The van der Waals surface area contributed by atoms with Gasteiger partial charge in [-0.25, -0.2) is 15.4 Å². The van der Waals surface area contributed by atoms with Crippen molar-refractivity contribution in [3.8, 4) is 5.69 Å². The van der Waals surface area contributed by atoms with Crippen molar-refractivity contribution in [3.05, 3.63) is 71.2 Å². The number of pyridine rings is 1. The number of hydrazine groups is 1. The lowest BCUT2D eigenvalue weighted by molar-refractivity contribution is 0.0975. The van der Waals surface area contributed by atoms with Gasteiger partial charge in [-0.1, -0.05) is 12.1 Å². The highest BCUT2D eigenvalue weighted by Gasteiger charge is 2.26. The molecular weight excluding hydrogens is 362 g/mol. The molecule has 150 valence electrons. The van der Waals surface area contributed by atoms with Crippen LogP contribution in [-0.2, 0) is 0 Å². The van der Waals surface area contributed by atoms with Crippen molar-refractivity contribution in [2.45, 2.75) is 27.2 Å². The van der Waals surface area contributed by atoms with Crippen molar-refractivity contribution in [2.24, 2.45) is 0 Å². The molecule has 29 heavy (non-hydrogen) atoms. The smallest absolute Gasteiger partial charge is 0.276 e. The van der Waals surface area contributed by atoms with Crippen LogP contribution in [0.5, 0.6) is 0 Å². The van der Waals surface area contributed by atoms with Gasteiger partial charge in [0.25, 0.3) is 5.91 Å². The van der Waals surface area contributed by atoms with Crippen LogP contribution in [0.25, 0.3) is 5.69 Å². The number of rotatable bonds is 5. The summed E-state index contributed by atoms with van der Waals surface area (Å²) in [6.07, 6.45) is 2.93. The lowest BCUT2D eigenvalue weighted by Crippen LogP contribution is -2.41. The van der Waals surface area contributed by atoms with Crippen LogP contribution in [-0.4, -0.2) is 35.6 Å². The molecule has 0 unspecified atom stereocenters. The summed E-state index contributed by atoms with van der Waals surface area (Å²) in [4.78, 5) is 20.1. The summed E-state index contributed by atoms with van der Waals surface area (Å²) in [7, 11) is 1.73. The molecule has 1 saturated heterocycles. The van der Waals surface area contributed by atoms with E-state index >= 15 is 0 Å². The maximum absolute atomic E-state index is 13.4. The predicted molar refractivity (Wildman–Crippen MR) is 117 cm³/mol. The third-order valence-electron chi connectivity index (χ3n) is 5.78. The Bertz CT molecular complexity index is 1040. The lowest BCUT2D eigenvalue weighted by Gasteiger charge is -2.33. The molecule has 0 aliphatic carbocycles. The van der Waals surface area contributed by atoms with Crippen molar-refractivity contribution >= 4 is 17.4 Å². The summed E-state index contributed by atoms with van der Waals surface area (Å²) in [6.45, 7) is 8.31. The van der Waals surface area contributed by atoms with Gasteiger partial charge in [-0.2, -0.15) is 0 Å². The minimum atomic E-state index is -0.109. The Morgan fingerprint density at radius 3 is 2.41 bits per heavy atom. The van der Waals surface area contributed by atoms with Gasteiger partial charge < -0.3 is 9.47 Å². The predicted octanol–water partition coefficient (Wildman–Crippen LogP) is 3.79. The minimum Gasteiger partial charge on any atom is -0.371 e. The number of hydrogen-bond acceptors (Lipinski definition) is 4. The summed E-state index contributed by atoms with van der Waals surface area (Å²) in [5.41, 5.74) is 9.00. The fraction of sp³-hybridized carbons (Fsp3) is 0.304. The molecule has 1 aromatic carbocycles. The molecule has 0 atom stereocenters. The Morgan fingerprint density at radius 1 is 1.03 bits per heavy atom. The van der Waals surface area contributed by atoms with Gasteiger partial charge in [0.2, 0.25) is 0 Å². The van der Waals surface area contributed by atoms with E-state index < -0.39 is 0 Å². The zero-order valence-corrected chi connectivity index (χ0v) is 17.4. The first-order valence-corrected chi connectivity index (χ1v) is 9.99. The molecule has 3 aromatic rings. The second-order valence-electron chi connectivity index (χ2n) is 7.42. The van der Waals surface area contributed by atoms with Crippen molar-refractivity contribution in [2.75, 3.05) is 30.0 Å². The lowest BCUT2D eigenvalue weighted by atomic mass is 10.1. The zero-order valence-electron chi connectivity index (χ0n) is 17.4. The Labute approximate surface area is 171 Å². The van der Waals surface area contributed by atoms with Crippen LogP contribution in [0.2, 0.25) is 0 Å². The number of carbonyl (C=O) groups is 1. The minimum absolute atomic E-state index is 0.109. The molecule has 1 N–H and O–H groups in total. The monoisotopic (exact) mass is 389 g/mol. The molecule has 0 bridgehead atoms. The van der Waals surface area contributed by atoms with Gasteiger partial charge in [-0.05, 0) is 63.1 Å². The van der Waals surface area contributed by atoms with Gasteiger partial charge >= 0.3 is 0 Å². The Hall–Kier alpha value is -3.12. The number of aromatic nitrogens is 2. The molecule has 1 aliphatic heterocycles. The van der Waals surface area contributed by atoms with Crippen LogP contribution in [0.1, 0.15) is 33.7 Å². The molecule has 1 amide bonds. The quantitative estimate of drug-likeness (QED) is 0.675. The van der Waals surface area contributed by atoms with E-state index in [4.69, 9.17) is 0 Å². The molecule has 2 aromatic heterocycles. The van der Waals surface area contributed by atoms with Crippen LogP contribution in [0.15, 0.2) is 48.7 Å². The van der Waals surface area contributed by atoms with Gasteiger partial charge in [-0.15, -0.1) is 0 Å². The number of amides is 1. The number of anilines is 2. The molecule has 1 aliphatic rings. The fourth-order valence-electron chi connectivity index (χ4n) is 4.01. The number of nitrogens with zero attached hydrogens (tertiary/aromatic N) is 4. The van der Waals surface area contributed by atoms with Crippen LogP contribution in [0.3, 0.4) is 0 Å². The molecule has 0 saturated carbocycles. The van der Waals surface area contributed by atoms with E-state index in [1.165, 1.54) is 17.1 Å². The van der Waals surface area contributed by atoms with E-state index in [9.17, 15) is 4.79 Å². The average molecular weight is 390 g/mol. The van der Waals surface area contributed by atoms with E-state index in [0.717, 1.165) is 35.7 Å². The standard InChI is InChI=1S/C23H27N5O/c1-16-17(2)27(20-10-7-9-19(15-20)26-13-8-14-26)18(3)22(16)23(29)28(24-4)21-11-5-6-12-25-21/h5-7,9-12,15,24H,8,13-14H2,1-4H3. The molecule has 6 nitrogen and oxygen atoms in total. The van der Waals surface area contributed by atoms with Crippen LogP contribution < -0.4 is 15.3 Å². The highest BCUT2D eigenvalue weighted by molar-refractivity contribution is 6.07. The summed E-state index contributed by atoms with van der Waals surface area (Å²) in [5.74, 6) is 0.464. The highest BCUT2D eigenvalue weighted by atomic mass is 16.2. The maximum atomic E-state index is 13.4. The fourth-order valence-corrected chi connectivity index (χ4v) is 4.01. The van der Waals surface area contributed by atoms with Gasteiger partial charge in [0, 0.05) is 49.1 Å². The Kier molecular flexibility index (Phi) is 5.11. The SMILES string of the molecule is CNN(C(=O)c1c(C)c(C)n(-c2cccc(N3CCC3)c2)c1C)c1ccccn1. The van der Waals surface area contributed by atoms with Crippen molar-refractivity contribution in [1.82, 2.24) is 15.0 Å². The van der Waals surface area contributed by atoms with E-state index in [-0.39, 0.29) is 5.91 Å². The van der Waals surface area contributed by atoms with Crippen molar-refractivity contribution < 1.29 is 4.79 Å². The molecule has 6 heteroatoms. The molecular formula is C23H27N5O. The average Bonchev–Trinajstić information content (AvgIpc) is 2.90. The Balaban J connectivity index is 1.76. The number of nitrogens with one attached hydrogen (secondary N) is 1. The van der Waals surface area contributed by atoms with E-state index in [1.807, 2.05) is 32.0 Å². The second-order valence-corrected chi connectivity index (χ2v) is 7.42. The number of carbonyl (C=O) groups excluding carboxylic acids is 1. The zero-order chi connectivity index (χ0) is 20.5. The number of hydrogen-bond donors (Lipinski definition) is 1. The summed E-state index contributed by atoms with van der Waals surface area (Å²) in [6, 6.07) is 14.1. The summed E-state index contributed by atoms with van der Waals surface area (Å²) >= 11 is 0. The Morgan fingerprint density at radius 2 is 1.79 bits per heavy atom. The first-order chi connectivity index (χ1) is 14.0. The van der Waals surface area contributed by atoms with E-state index in [2.05, 4.69) is 51.1 Å². The van der Waals surface area contributed by atoms with Crippen molar-refractivity contribution in [1.29, 1.82) is 0 Å². The summed E-state index contributed by atoms with van der Waals surface area (Å²) in [5, 5.41) is 1.50. The van der Waals surface area contributed by atoms with E-state index in [1.54, 1.807) is 13.2 Å². The third-order valence-corrected chi connectivity index (χ3v) is 5.78. The van der Waals surface area contributed by atoms with Crippen LogP contribution in [0.4, 0.5) is 11.5 Å². The van der Waals surface area contributed by atoms with Gasteiger partial charge in [0.05, 0.1) is 5.56 Å². The molecule has 0 spiro atoms. The summed E-state index contributed by atoms with van der Waals surface area (Å²) < 4.78 is 2.18. The van der Waals surface area contributed by atoms with Crippen molar-refractivity contribution in [3.63, 3.8) is 0 Å². The molecule has 0 radical (unpaired) electrons.